The predicted octanol–water partition coefficient (Wildman–Crippen LogP) is 3.06. The smallest absolute Gasteiger partial charge is 0.0283 e. The molecule has 2 unspecified atom stereocenters. The van der Waals surface area contributed by atoms with Crippen molar-refractivity contribution in [2.24, 2.45) is 17.1 Å². The van der Waals surface area contributed by atoms with Crippen molar-refractivity contribution in [3.8, 4) is 0 Å². The number of hydrogen-bond donors (Lipinski definition) is 2. The molecule has 0 aromatic heterocycles. The highest BCUT2D eigenvalue weighted by atomic mass is 14.9. The Morgan fingerprint density at radius 2 is 1.82 bits per heavy atom. The zero-order valence-electron chi connectivity index (χ0n) is 11.7. The Labute approximate surface area is 107 Å². The Morgan fingerprint density at radius 3 is 2.47 bits per heavy atom. The average molecular weight is 238 g/mol. The summed E-state index contributed by atoms with van der Waals surface area (Å²) in [6.07, 6.45) is 10.7. The maximum Gasteiger partial charge on any atom is 0.0283 e. The predicted molar refractivity (Wildman–Crippen MR) is 74.0 cm³/mol. The Morgan fingerprint density at radius 1 is 1.12 bits per heavy atom. The van der Waals surface area contributed by atoms with Crippen LogP contribution in [0.4, 0.5) is 0 Å². The van der Waals surface area contributed by atoms with Crippen LogP contribution in [-0.4, -0.2) is 18.6 Å². The van der Waals surface area contributed by atoms with E-state index < -0.39 is 0 Å². The summed E-state index contributed by atoms with van der Waals surface area (Å²) < 4.78 is 0. The molecule has 2 rings (SSSR count). The van der Waals surface area contributed by atoms with Gasteiger partial charge in [-0.05, 0) is 37.0 Å². The van der Waals surface area contributed by atoms with Gasteiger partial charge in [-0.25, -0.2) is 0 Å². The summed E-state index contributed by atoms with van der Waals surface area (Å²) >= 11 is 0. The van der Waals surface area contributed by atoms with E-state index >= 15 is 0 Å². The molecule has 2 aliphatic carbocycles. The Kier molecular flexibility index (Phi) is 4.14. The highest BCUT2D eigenvalue weighted by molar-refractivity contribution is 4.92. The molecule has 2 aliphatic rings. The van der Waals surface area contributed by atoms with Gasteiger partial charge < -0.3 is 11.1 Å². The number of hydrogen-bond acceptors (Lipinski definition) is 2. The third-order valence-electron chi connectivity index (χ3n) is 4.97. The largest absolute Gasteiger partial charge is 0.324 e. The van der Waals surface area contributed by atoms with Crippen molar-refractivity contribution in [2.45, 2.75) is 70.8 Å². The first-order valence-electron chi connectivity index (χ1n) is 7.51. The summed E-state index contributed by atoms with van der Waals surface area (Å²) in [7, 11) is 0. The van der Waals surface area contributed by atoms with Crippen molar-refractivity contribution in [3.05, 3.63) is 0 Å². The van der Waals surface area contributed by atoms with Crippen molar-refractivity contribution < 1.29 is 0 Å². The molecular formula is C15H30N2. The van der Waals surface area contributed by atoms with Gasteiger partial charge >= 0.3 is 0 Å². The van der Waals surface area contributed by atoms with Crippen molar-refractivity contribution in [2.75, 3.05) is 13.1 Å². The standard InChI is InChI=1S/C15H30N2/c1-13-6-5-9-15(16,10-13)12-17-11-14(2)7-3-4-8-14/h13,17H,3-12,16H2,1-2H3. The van der Waals surface area contributed by atoms with Crippen LogP contribution in [0.2, 0.25) is 0 Å². The summed E-state index contributed by atoms with van der Waals surface area (Å²) in [4.78, 5) is 0. The number of nitrogens with one attached hydrogen (secondary N) is 1. The van der Waals surface area contributed by atoms with E-state index in [1.165, 1.54) is 57.9 Å². The minimum absolute atomic E-state index is 0.0760. The van der Waals surface area contributed by atoms with Gasteiger partial charge in [0.15, 0.2) is 0 Å². The van der Waals surface area contributed by atoms with Crippen LogP contribution in [-0.2, 0) is 0 Å². The number of nitrogens with two attached hydrogens (primary N) is 1. The van der Waals surface area contributed by atoms with E-state index in [9.17, 15) is 0 Å². The van der Waals surface area contributed by atoms with Gasteiger partial charge in [0.05, 0.1) is 0 Å². The second kappa shape index (κ2) is 5.27. The van der Waals surface area contributed by atoms with Crippen LogP contribution >= 0.6 is 0 Å². The molecular weight excluding hydrogens is 208 g/mol. The molecule has 0 saturated heterocycles. The monoisotopic (exact) mass is 238 g/mol. The zero-order valence-corrected chi connectivity index (χ0v) is 11.7. The van der Waals surface area contributed by atoms with E-state index in [0.29, 0.717) is 5.41 Å². The fourth-order valence-corrected chi connectivity index (χ4v) is 3.88. The zero-order chi connectivity index (χ0) is 12.4. The lowest BCUT2D eigenvalue weighted by atomic mass is 9.77. The minimum Gasteiger partial charge on any atom is -0.324 e. The van der Waals surface area contributed by atoms with Gasteiger partial charge in [-0.15, -0.1) is 0 Å². The molecule has 3 N–H and O–H groups in total. The second-order valence-corrected chi connectivity index (χ2v) is 7.19. The minimum atomic E-state index is 0.0760. The third-order valence-corrected chi connectivity index (χ3v) is 4.97. The molecule has 0 bridgehead atoms. The maximum absolute atomic E-state index is 6.51. The lowest BCUT2D eigenvalue weighted by Crippen LogP contribution is -2.52. The molecule has 100 valence electrons. The number of rotatable bonds is 4. The van der Waals surface area contributed by atoms with Crippen LogP contribution in [0.3, 0.4) is 0 Å². The SMILES string of the molecule is CC1CCCC(N)(CNCC2(C)CCCC2)C1. The van der Waals surface area contributed by atoms with Crippen LogP contribution in [0.25, 0.3) is 0 Å². The van der Waals surface area contributed by atoms with Crippen LogP contribution in [0.1, 0.15) is 65.2 Å². The molecule has 0 spiro atoms. The van der Waals surface area contributed by atoms with Crippen LogP contribution in [0.5, 0.6) is 0 Å². The molecule has 2 fully saturated rings. The molecule has 2 nitrogen and oxygen atoms in total. The molecule has 0 aromatic rings. The summed E-state index contributed by atoms with van der Waals surface area (Å²) in [6.45, 7) is 6.96. The molecule has 17 heavy (non-hydrogen) atoms. The Hall–Kier alpha value is -0.0800. The topological polar surface area (TPSA) is 38.0 Å². The first kappa shape index (κ1) is 13.4. The van der Waals surface area contributed by atoms with Gasteiger partial charge in [-0.1, -0.05) is 39.5 Å². The summed E-state index contributed by atoms with van der Waals surface area (Å²) in [5.74, 6) is 0.817. The maximum atomic E-state index is 6.51. The van der Waals surface area contributed by atoms with Crippen molar-refractivity contribution in [1.29, 1.82) is 0 Å². The van der Waals surface area contributed by atoms with E-state index in [4.69, 9.17) is 5.73 Å². The first-order valence-corrected chi connectivity index (χ1v) is 7.51. The highest BCUT2D eigenvalue weighted by Crippen LogP contribution is 2.37. The van der Waals surface area contributed by atoms with Crippen LogP contribution in [0.15, 0.2) is 0 Å². The Balaban J connectivity index is 1.73. The van der Waals surface area contributed by atoms with Gasteiger partial charge in [-0.3, -0.25) is 0 Å². The fourth-order valence-electron chi connectivity index (χ4n) is 3.88. The van der Waals surface area contributed by atoms with E-state index in [1.54, 1.807) is 0 Å². The summed E-state index contributed by atoms with van der Waals surface area (Å²) in [5.41, 5.74) is 7.14. The summed E-state index contributed by atoms with van der Waals surface area (Å²) in [5, 5.41) is 3.67. The molecule has 2 heteroatoms. The van der Waals surface area contributed by atoms with Gasteiger partial charge in [-0.2, -0.15) is 0 Å². The average Bonchev–Trinajstić information content (AvgIpc) is 2.64. The van der Waals surface area contributed by atoms with Gasteiger partial charge in [0.2, 0.25) is 0 Å². The molecule has 2 saturated carbocycles. The normalized spacial score (nSPS) is 37.2. The quantitative estimate of drug-likeness (QED) is 0.790. The molecule has 0 aliphatic heterocycles. The Bertz CT molecular complexity index is 245. The molecule has 0 amide bonds. The van der Waals surface area contributed by atoms with Crippen LogP contribution in [0, 0.1) is 11.3 Å². The van der Waals surface area contributed by atoms with Gasteiger partial charge in [0.25, 0.3) is 0 Å². The van der Waals surface area contributed by atoms with Crippen molar-refractivity contribution in [1.82, 2.24) is 5.32 Å². The van der Waals surface area contributed by atoms with Crippen molar-refractivity contribution >= 4 is 0 Å². The second-order valence-electron chi connectivity index (χ2n) is 7.19. The van der Waals surface area contributed by atoms with E-state index in [0.717, 1.165) is 12.5 Å². The third kappa shape index (κ3) is 3.69. The molecule has 0 radical (unpaired) electrons. The van der Waals surface area contributed by atoms with Crippen molar-refractivity contribution in [3.63, 3.8) is 0 Å². The summed E-state index contributed by atoms with van der Waals surface area (Å²) in [6, 6.07) is 0. The highest BCUT2D eigenvalue weighted by Gasteiger charge is 2.32. The first-order chi connectivity index (χ1) is 8.02. The van der Waals surface area contributed by atoms with E-state index in [2.05, 4.69) is 19.2 Å². The van der Waals surface area contributed by atoms with Gasteiger partial charge in [0.1, 0.15) is 0 Å². The lowest BCUT2D eigenvalue weighted by molar-refractivity contribution is 0.216. The molecule has 0 heterocycles. The molecule has 2 atom stereocenters. The fraction of sp³-hybridized carbons (Fsp3) is 1.00. The van der Waals surface area contributed by atoms with E-state index in [1.807, 2.05) is 0 Å². The molecule has 0 aromatic carbocycles. The lowest BCUT2D eigenvalue weighted by Gasteiger charge is -2.38. The van der Waals surface area contributed by atoms with Gasteiger partial charge in [0, 0.05) is 18.6 Å². The van der Waals surface area contributed by atoms with Crippen LogP contribution < -0.4 is 11.1 Å². The van der Waals surface area contributed by atoms with E-state index in [-0.39, 0.29) is 5.54 Å².